The molecule has 1 aromatic heterocycles. The Morgan fingerprint density at radius 3 is 3.00 bits per heavy atom. The smallest absolute Gasteiger partial charge is 0.241 e. The van der Waals surface area contributed by atoms with E-state index in [0.29, 0.717) is 18.0 Å². The number of hydrogen-bond donors (Lipinski definition) is 2. The van der Waals surface area contributed by atoms with E-state index < -0.39 is 6.04 Å². The van der Waals surface area contributed by atoms with Crippen LogP contribution in [-0.2, 0) is 4.79 Å². The molecule has 0 bridgehead atoms. The highest BCUT2D eigenvalue weighted by molar-refractivity contribution is 5.94. The van der Waals surface area contributed by atoms with E-state index in [-0.39, 0.29) is 5.91 Å². The Bertz CT molecular complexity index is 353. The Balaban J connectivity index is 2.63. The average molecular weight is 223 g/mol. The lowest BCUT2D eigenvalue weighted by molar-refractivity contribution is -0.117. The Labute approximate surface area is 95.0 Å². The molecule has 5 nitrogen and oxygen atoms in total. The number of pyridine rings is 1. The number of anilines is 1. The van der Waals surface area contributed by atoms with E-state index in [9.17, 15) is 4.79 Å². The van der Waals surface area contributed by atoms with Gasteiger partial charge in [-0.25, -0.2) is 0 Å². The van der Waals surface area contributed by atoms with E-state index in [2.05, 4.69) is 10.3 Å². The van der Waals surface area contributed by atoms with Crippen molar-refractivity contribution in [2.45, 2.75) is 26.3 Å². The zero-order valence-electron chi connectivity index (χ0n) is 9.56. The lowest BCUT2D eigenvalue weighted by atomic mass is 10.3. The summed E-state index contributed by atoms with van der Waals surface area (Å²) < 4.78 is 5.39. The maximum absolute atomic E-state index is 11.3. The van der Waals surface area contributed by atoms with Crippen LogP contribution in [0.1, 0.15) is 20.3 Å². The summed E-state index contributed by atoms with van der Waals surface area (Å²) >= 11 is 0. The number of nitrogens with zero attached hydrogens (tertiary/aromatic N) is 1. The third-order valence-corrected chi connectivity index (χ3v) is 1.87. The van der Waals surface area contributed by atoms with Gasteiger partial charge in [-0.3, -0.25) is 9.78 Å². The molecule has 88 valence electrons. The van der Waals surface area contributed by atoms with E-state index >= 15 is 0 Å². The Hall–Kier alpha value is -1.62. The molecule has 16 heavy (non-hydrogen) atoms. The van der Waals surface area contributed by atoms with Gasteiger partial charge in [-0.1, -0.05) is 6.92 Å². The van der Waals surface area contributed by atoms with Crippen molar-refractivity contribution in [2.24, 2.45) is 5.73 Å². The van der Waals surface area contributed by atoms with Gasteiger partial charge in [-0.05, 0) is 13.3 Å². The number of carbonyl (C=O) groups excluding carboxylic acids is 1. The van der Waals surface area contributed by atoms with Gasteiger partial charge in [0.25, 0.3) is 0 Å². The largest absolute Gasteiger partial charge is 0.492 e. The minimum absolute atomic E-state index is 0.241. The van der Waals surface area contributed by atoms with Crippen molar-refractivity contribution in [3.05, 3.63) is 18.5 Å². The van der Waals surface area contributed by atoms with Gasteiger partial charge in [0.1, 0.15) is 5.75 Å². The SMILES string of the molecule is CCCOc1cncc(NC(=O)[C@H](C)N)c1. The van der Waals surface area contributed by atoms with Gasteiger partial charge in [0.05, 0.1) is 30.7 Å². The third-order valence-electron chi connectivity index (χ3n) is 1.87. The highest BCUT2D eigenvalue weighted by atomic mass is 16.5. The Morgan fingerprint density at radius 2 is 2.38 bits per heavy atom. The minimum Gasteiger partial charge on any atom is -0.492 e. The van der Waals surface area contributed by atoms with Gasteiger partial charge in [0, 0.05) is 6.07 Å². The molecule has 1 rings (SSSR count). The van der Waals surface area contributed by atoms with Crippen LogP contribution in [0.2, 0.25) is 0 Å². The van der Waals surface area contributed by atoms with E-state index in [1.54, 1.807) is 25.4 Å². The van der Waals surface area contributed by atoms with Gasteiger partial charge in [-0.2, -0.15) is 0 Å². The highest BCUT2D eigenvalue weighted by Gasteiger charge is 2.07. The Morgan fingerprint density at radius 1 is 1.62 bits per heavy atom. The topological polar surface area (TPSA) is 77.2 Å². The predicted octanol–water partition coefficient (Wildman–Crippen LogP) is 1.16. The highest BCUT2D eigenvalue weighted by Crippen LogP contribution is 2.15. The summed E-state index contributed by atoms with van der Waals surface area (Å²) in [4.78, 5) is 15.3. The molecule has 1 amide bonds. The van der Waals surface area contributed by atoms with Crippen molar-refractivity contribution in [3.63, 3.8) is 0 Å². The molecule has 1 aromatic rings. The number of ether oxygens (including phenoxy) is 1. The van der Waals surface area contributed by atoms with Crippen LogP contribution in [0.3, 0.4) is 0 Å². The number of nitrogens with one attached hydrogen (secondary N) is 1. The van der Waals surface area contributed by atoms with Crippen molar-refractivity contribution in [1.29, 1.82) is 0 Å². The van der Waals surface area contributed by atoms with Crippen LogP contribution in [0.15, 0.2) is 18.5 Å². The maximum atomic E-state index is 11.3. The Kier molecular flexibility index (Phi) is 4.72. The zero-order valence-corrected chi connectivity index (χ0v) is 9.56. The quantitative estimate of drug-likeness (QED) is 0.785. The second-order valence-electron chi connectivity index (χ2n) is 3.54. The van der Waals surface area contributed by atoms with Crippen LogP contribution < -0.4 is 15.8 Å². The van der Waals surface area contributed by atoms with E-state index in [0.717, 1.165) is 6.42 Å². The number of aromatic nitrogens is 1. The molecule has 0 radical (unpaired) electrons. The van der Waals surface area contributed by atoms with Gasteiger partial charge in [0.15, 0.2) is 0 Å². The van der Waals surface area contributed by atoms with E-state index in [1.807, 2.05) is 6.92 Å². The monoisotopic (exact) mass is 223 g/mol. The molecule has 0 saturated carbocycles. The lowest BCUT2D eigenvalue weighted by Crippen LogP contribution is -2.32. The second-order valence-corrected chi connectivity index (χ2v) is 3.54. The molecule has 3 N–H and O–H groups in total. The molecule has 1 heterocycles. The number of hydrogen-bond acceptors (Lipinski definition) is 4. The molecule has 0 aliphatic rings. The van der Waals surface area contributed by atoms with Crippen LogP contribution >= 0.6 is 0 Å². The first-order chi connectivity index (χ1) is 7.63. The number of nitrogens with two attached hydrogens (primary N) is 1. The first-order valence-electron chi connectivity index (χ1n) is 5.27. The second kappa shape index (κ2) is 6.07. The number of amides is 1. The summed E-state index contributed by atoms with van der Waals surface area (Å²) in [5.74, 6) is 0.402. The number of rotatable bonds is 5. The zero-order chi connectivity index (χ0) is 12.0. The van der Waals surface area contributed by atoms with Crippen molar-refractivity contribution < 1.29 is 9.53 Å². The molecule has 0 aromatic carbocycles. The van der Waals surface area contributed by atoms with Gasteiger partial charge in [0.2, 0.25) is 5.91 Å². The molecule has 5 heteroatoms. The molecule has 0 aliphatic heterocycles. The van der Waals surface area contributed by atoms with Crippen molar-refractivity contribution >= 4 is 11.6 Å². The first kappa shape index (κ1) is 12.4. The van der Waals surface area contributed by atoms with Crippen LogP contribution in [0.25, 0.3) is 0 Å². The summed E-state index contributed by atoms with van der Waals surface area (Å²) in [6.07, 6.45) is 4.09. The van der Waals surface area contributed by atoms with E-state index in [4.69, 9.17) is 10.5 Å². The maximum Gasteiger partial charge on any atom is 0.241 e. The van der Waals surface area contributed by atoms with Gasteiger partial charge >= 0.3 is 0 Å². The summed E-state index contributed by atoms with van der Waals surface area (Å²) in [6, 6.07) is 1.18. The average Bonchev–Trinajstić information content (AvgIpc) is 2.26. The summed E-state index contributed by atoms with van der Waals surface area (Å²) in [5, 5.41) is 2.65. The number of carbonyl (C=O) groups is 1. The molecule has 0 fully saturated rings. The molecule has 0 spiro atoms. The standard InChI is InChI=1S/C11H17N3O2/c1-3-4-16-10-5-9(6-13-7-10)14-11(15)8(2)12/h5-8H,3-4,12H2,1-2H3,(H,14,15)/t8-/m0/s1. The van der Waals surface area contributed by atoms with Crippen molar-refractivity contribution in [2.75, 3.05) is 11.9 Å². The van der Waals surface area contributed by atoms with Crippen LogP contribution in [-0.4, -0.2) is 23.5 Å². The fourth-order valence-electron chi connectivity index (χ4n) is 1.04. The van der Waals surface area contributed by atoms with E-state index in [1.165, 1.54) is 0 Å². The van der Waals surface area contributed by atoms with Crippen molar-refractivity contribution in [1.82, 2.24) is 4.98 Å². The summed E-state index contributed by atoms with van der Waals surface area (Å²) in [6.45, 7) is 4.28. The normalized spacial score (nSPS) is 11.9. The molecule has 0 aliphatic carbocycles. The molecule has 1 atom stereocenters. The molecular weight excluding hydrogens is 206 g/mol. The van der Waals surface area contributed by atoms with Crippen molar-refractivity contribution in [3.8, 4) is 5.75 Å². The minimum atomic E-state index is -0.541. The molecular formula is C11H17N3O2. The van der Waals surface area contributed by atoms with Crippen LogP contribution in [0.4, 0.5) is 5.69 Å². The first-order valence-corrected chi connectivity index (χ1v) is 5.27. The molecule has 0 saturated heterocycles. The fourth-order valence-corrected chi connectivity index (χ4v) is 1.04. The van der Waals surface area contributed by atoms with Gasteiger partial charge < -0.3 is 15.8 Å². The summed E-state index contributed by atoms with van der Waals surface area (Å²) in [5.41, 5.74) is 6.03. The lowest BCUT2D eigenvalue weighted by Gasteiger charge is -2.09. The molecule has 0 unspecified atom stereocenters. The predicted molar refractivity (Wildman–Crippen MR) is 62.3 cm³/mol. The third kappa shape index (κ3) is 3.86. The fraction of sp³-hybridized carbons (Fsp3) is 0.455. The summed E-state index contributed by atoms with van der Waals surface area (Å²) in [7, 11) is 0. The van der Waals surface area contributed by atoms with Crippen LogP contribution in [0.5, 0.6) is 5.75 Å². The van der Waals surface area contributed by atoms with Gasteiger partial charge in [-0.15, -0.1) is 0 Å². The van der Waals surface area contributed by atoms with Crippen LogP contribution in [0, 0.1) is 0 Å².